The van der Waals surface area contributed by atoms with E-state index in [-0.39, 0.29) is 0 Å². The Kier molecular flexibility index (Phi) is 4.66. The molecule has 2 heteroatoms. The zero-order valence-corrected chi connectivity index (χ0v) is 10.8. The first-order chi connectivity index (χ1) is 7.79. The first kappa shape index (κ1) is 12.4. The molecule has 2 rings (SSSR count). The van der Waals surface area contributed by atoms with E-state index < -0.39 is 0 Å². The van der Waals surface area contributed by atoms with Crippen LogP contribution in [0.4, 0.5) is 0 Å². The third kappa shape index (κ3) is 3.74. The van der Waals surface area contributed by atoms with Crippen LogP contribution in [0.2, 0.25) is 0 Å². The van der Waals surface area contributed by atoms with Gasteiger partial charge in [0.1, 0.15) is 0 Å². The zero-order chi connectivity index (χ0) is 11.4. The van der Waals surface area contributed by atoms with Crippen LogP contribution in [0.15, 0.2) is 0 Å². The van der Waals surface area contributed by atoms with Crippen LogP contribution in [0.1, 0.15) is 51.9 Å². The molecule has 0 saturated heterocycles. The molecule has 2 nitrogen and oxygen atoms in total. The third-order valence-electron chi connectivity index (χ3n) is 4.46. The highest BCUT2D eigenvalue weighted by Crippen LogP contribution is 2.33. The quantitative estimate of drug-likeness (QED) is 0.727. The van der Waals surface area contributed by atoms with Gasteiger partial charge in [-0.2, -0.15) is 0 Å². The maximum atomic E-state index is 5.92. The molecule has 16 heavy (non-hydrogen) atoms. The molecule has 0 aliphatic heterocycles. The number of nitrogens with one attached hydrogen (secondary N) is 1. The lowest BCUT2D eigenvalue weighted by molar-refractivity contribution is 0.224. The average Bonchev–Trinajstić information content (AvgIpc) is 3.08. The van der Waals surface area contributed by atoms with E-state index in [4.69, 9.17) is 5.73 Å². The summed E-state index contributed by atoms with van der Waals surface area (Å²) >= 11 is 0. The van der Waals surface area contributed by atoms with Crippen molar-refractivity contribution in [1.29, 1.82) is 0 Å². The Morgan fingerprint density at radius 2 is 2.06 bits per heavy atom. The largest absolute Gasteiger partial charge is 0.329 e. The summed E-state index contributed by atoms with van der Waals surface area (Å²) in [7, 11) is 0. The first-order valence-electron chi connectivity index (χ1n) is 7.23. The van der Waals surface area contributed by atoms with Crippen LogP contribution in [-0.2, 0) is 0 Å². The highest BCUT2D eigenvalue weighted by atomic mass is 14.9. The molecule has 2 saturated carbocycles. The fraction of sp³-hybridized carbons (Fsp3) is 1.00. The lowest BCUT2D eigenvalue weighted by Gasteiger charge is -2.33. The Morgan fingerprint density at radius 1 is 1.25 bits per heavy atom. The normalized spacial score (nSPS) is 32.6. The van der Waals surface area contributed by atoms with E-state index in [2.05, 4.69) is 12.2 Å². The Morgan fingerprint density at radius 3 is 2.69 bits per heavy atom. The molecule has 0 aromatic heterocycles. The summed E-state index contributed by atoms with van der Waals surface area (Å²) in [5, 5.41) is 3.71. The summed E-state index contributed by atoms with van der Waals surface area (Å²) in [6.45, 7) is 4.41. The van der Waals surface area contributed by atoms with Gasteiger partial charge in [0.25, 0.3) is 0 Å². The predicted molar refractivity (Wildman–Crippen MR) is 69.3 cm³/mol. The van der Waals surface area contributed by atoms with E-state index >= 15 is 0 Å². The summed E-state index contributed by atoms with van der Waals surface area (Å²) in [5.74, 6) is 2.79. The van der Waals surface area contributed by atoms with Crippen LogP contribution < -0.4 is 11.1 Å². The molecule has 0 aromatic carbocycles. The van der Waals surface area contributed by atoms with Gasteiger partial charge in [0.15, 0.2) is 0 Å². The van der Waals surface area contributed by atoms with E-state index in [9.17, 15) is 0 Å². The fourth-order valence-corrected chi connectivity index (χ4v) is 3.17. The summed E-state index contributed by atoms with van der Waals surface area (Å²) in [5.41, 5.74) is 5.92. The fourth-order valence-electron chi connectivity index (χ4n) is 3.17. The van der Waals surface area contributed by atoms with Gasteiger partial charge >= 0.3 is 0 Å². The van der Waals surface area contributed by atoms with E-state index in [1.807, 2.05) is 0 Å². The van der Waals surface area contributed by atoms with Crippen molar-refractivity contribution in [3.63, 3.8) is 0 Å². The number of nitrogens with two attached hydrogens (primary N) is 1. The lowest BCUT2D eigenvalue weighted by Crippen LogP contribution is -2.44. The van der Waals surface area contributed by atoms with Gasteiger partial charge in [-0.15, -0.1) is 0 Å². The second-order valence-corrected chi connectivity index (χ2v) is 6.06. The van der Waals surface area contributed by atoms with Crippen molar-refractivity contribution >= 4 is 0 Å². The highest BCUT2D eigenvalue weighted by molar-refractivity contribution is 4.83. The van der Waals surface area contributed by atoms with Gasteiger partial charge in [-0.3, -0.25) is 0 Å². The van der Waals surface area contributed by atoms with Crippen molar-refractivity contribution in [1.82, 2.24) is 5.32 Å². The van der Waals surface area contributed by atoms with Gasteiger partial charge < -0.3 is 11.1 Å². The minimum Gasteiger partial charge on any atom is -0.329 e. The molecular formula is C14H28N2. The molecule has 3 unspecified atom stereocenters. The maximum absolute atomic E-state index is 5.92. The predicted octanol–water partition coefficient (Wildman–Crippen LogP) is 2.53. The van der Waals surface area contributed by atoms with Crippen molar-refractivity contribution in [3.8, 4) is 0 Å². The van der Waals surface area contributed by atoms with Gasteiger partial charge in [0, 0.05) is 12.6 Å². The Bertz CT molecular complexity index is 201. The number of hydrogen-bond acceptors (Lipinski definition) is 2. The molecule has 0 radical (unpaired) electrons. The van der Waals surface area contributed by atoms with Crippen LogP contribution in [0.3, 0.4) is 0 Å². The van der Waals surface area contributed by atoms with Crippen molar-refractivity contribution in [2.45, 2.75) is 57.9 Å². The zero-order valence-electron chi connectivity index (χ0n) is 10.8. The van der Waals surface area contributed by atoms with Crippen LogP contribution >= 0.6 is 0 Å². The Labute approximate surface area is 100 Å². The molecule has 0 spiro atoms. The highest BCUT2D eigenvalue weighted by Gasteiger charge is 2.26. The summed E-state index contributed by atoms with van der Waals surface area (Å²) in [6.07, 6.45) is 9.92. The SMILES string of the molecule is CC1CCCC(C(CN)NCCC2CC2)C1. The molecule has 3 N–H and O–H groups in total. The van der Waals surface area contributed by atoms with Gasteiger partial charge in [-0.05, 0) is 43.6 Å². The van der Waals surface area contributed by atoms with Crippen LogP contribution in [-0.4, -0.2) is 19.1 Å². The summed E-state index contributed by atoms with van der Waals surface area (Å²) in [6, 6.07) is 0.585. The van der Waals surface area contributed by atoms with Gasteiger partial charge in [0.05, 0.1) is 0 Å². The van der Waals surface area contributed by atoms with Crippen LogP contribution in [0.25, 0.3) is 0 Å². The van der Waals surface area contributed by atoms with E-state index in [0.29, 0.717) is 6.04 Å². The molecule has 0 bridgehead atoms. The number of rotatable bonds is 6. The van der Waals surface area contributed by atoms with E-state index in [1.165, 1.54) is 51.5 Å². The Balaban J connectivity index is 1.69. The number of hydrogen-bond donors (Lipinski definition) is 2. The minimum absolute atomic E-state index is 0.585. The maximum Gasteiger partial charge on any atom is 0.0218 e. The summed E-state index contributed by atoms with van der Waals surface area (Å²) in [4.78, 5) is 0. The first-order valence-corrected chi connectivity index (χ1v) is 7.23. The van der Waals surface area contributed by atoms with Gasteiger partial charge in [-0.25, -0.2) is 0 Å². The second-order valence-electron chi connectivity index (χ2n) is 6.06. The van der Waals surface area contributed by atoms with Gasteiger partial charge in [-0.1, -0.05) is 32.6 Å². The minimum atomic E-state index is 0.585. The van der Waals surface area contributed by atoms with Crippen LogP contribution in [0.5, 0.6) is 0 Å². The summed E-state index contributed by atoms with van der Waals surface area (Å²) < 4.78 is 0. The lowest BCUT2D eigenvalue weighted by atomic mass is 9.78. The smallest absolute Gasteiger partial charge is 0.0218 e. The molecule has 0 aromatic rings. The average molecular weight is 224 g/mol. The van der Waals surface area contributed by atoms with Crippen molar-refractivity contribution in [2.24, 2.45) is 23.5 Å². The monoisotopic (exact) mass is 224 g/mol. The second kappa shape index (κ2) is 6.02. The topological polar surface area (TPSA) is 38.0 Å². The van der Waals surface area contributed by atoms with E-state index in [1.54, 1.807) is 0 Å². The standard InChI is InChI=1S/C14H28N2/c1-11-3-2-4-13(9-11)14(10-15)16-8-7-12-5-6-12/h11-14,16H,2-10,15H2,1H3. The third-order valence-corrected chi connectivity index (χ3v) is 4.46. The van der Waals surface area contributed by atoms with E-state index in [0.717, 1.165) is 24.3 Å². The van der Waals surface area contributed by atoms with Crippen molar-refractivity contribution < 1.29 is 0 Å². The Hall–Kier alpha value is -0.0800. The van der Waals surface area contributed by atoms with Gasteiger partial charge in [0.2, 0.25) is 0 Å². The molecule has 2 aliphatic carbocycles. The molecule has 0 amide bonds. The molecule has 3 atom stereocenters. The molecule has 0 heterocycles. The molecule has 2 fully saturated rings. The van der Waals surface area contributed by atoms with Crippen molar-refractivity contribution in [3.05, 3.63) is 0 Å². The molecule has 2 aliphatic rings. The molecular weight excluding hydrogens is 196 g/mol. The molecule has 94 valence electrons. The van der Waals surface area contributed by atoms with Crippen molar-refractivity contribution in [2.75, 3.05) is 13.1 Å². The van der Waals surface area contributed by atoms with Crippen LogP contribution in [0, 0.1) is 17.8 Å².